The molecule has 0 saturated carbocycles. The third-order valence-electron chi connectivity index (χ3n) is 4.82. The molecule has 2 aromatic rings. The number of piperazine rings is 1. The van der Waals surface area contributed by atoms with Crippen molar-refractivity contribution < 1.29 is 22.3 Å². The number of ether oxygens (including phenoxy) is 1. The molecular weight excluding hydrogens is 411 g/mol. The number of halogens is 1. The molecule has 0 aromatic heterocycles. The number of carbonyl (C=O) groups is 1. The lowest BCUT2D eigenvalue weighted by atomic mass is 10.2. The van der Waals surface area contributed by atoms with Gasteiger partial charge in [-0.3, -0.25) is 0 Å². The first-order chi connectivity index (χ1) is 14.4. The Labute approximate surface area is 175 Å². The molecule has 1 heterocycles. The Morgan fingerprint density at radius 2 is 1.67 bits per heavy atom. The molecule has 0 aliphatic carbocycles. The van der Waals surface area contributed by atoms with Gasteiger partial charge in [0, 0.05) is 44.1 Å². The zero-order valence-corrected chi connectivity index (χ0v) is 17.5. The molecule has 2 aromatic carbocycles. The summed E-state index contributed by atoms with van der Waals surface area (Å²) in [5.74, 6) is 0.189. The third kappa shape index (κ3) is 5.83. The maximum Gasteiger partial charge on any atom is 0.319 e. The molecule has 0 unspecified atom stereocenters. The van der Waals surface area contributed by atoms with Gasteiger partial charge in [0.15, 0.2) is 0 Å². The van der Waals surface area contributed by atoms with Crippen molar-refractivity contribution in [2.75, 3.05) is 55.8 Å². The van der Waals surface area contributed by atoms with Crippen molar-refractivity contribution in [3.05, 3.63) is 54.3 Å². The molecule has 2 N–H and O–H groups in total. The Balaban J connectivity index is 1.42. The van der Waals surface area contributed by atoms with Gasteiger partial charge in [-0.1, -0.05) is 0 Å². The summed E-state index contributed by atoms with van der Waals surface area (Å²) in [7, 11) is -1.93. The molecule has 0 radical (unpaired) electrons. The van der Waals surface area contributed by atoms with Gasteiger partial charge in [-0.15, -0.1) is 0 Å². The van der Waals surface area contributed by atoms with Crippen LogP contribution in [-0.2, 0) is 10.0 Å². The Hall–Kier alpha value is -2.85. The summed E-state index contributed by atoms with van der Waals surface area (Å²) >= 11 is 0. The molecule has 1 aliphatic heterocycles. The lowest BCUT2D eigenvalue weighted by Crippen LogP contribution is -2.50. The van der Waals surface area contributed by atoms with E-state index in [1.54, 1.807) is 43.5 Å². The van der Waals surface area contributed by atoms with Crippen LogP contribution in [0.15, 0.2) is 48.5 Å². The second-order valence-corrected chi connectivity index (χ2v) is 8.88. The van der Waals surface area contributed by atoms with Crippen molar-refractivity contribution in [1.82, 2.24) is 9.62 Å². The standard InChI is InChI=1S/C20H25FN4O4S/c1-29-19-8-4-17(5-9-19)23-20(26)22-10-15-30(27,28)25-13-11-24(12-14-25)18-6-2-16(21)3-7-18/h2-9H,10-15H2,1H3,(H2,22,23,26). The topological polar surface area (TPSA) is 91.0 Å². The first-order valence-corrected chi connectivity index (χ1v) is 11.2. The molecule has 3 rings (SSSR count). The van der Waals surface area contributed by atoms with E-state index in [4.69, 9.17) is 4.74 Å². The van der Waals surface area contributed by atoms with Crippen LogP contribution in [0, 0.1) is 5.82 Å². The van der Waals surface area contributed by atoms with Gasteiger partial charge in [0.05, 0.1) is 12.9 Å². The fraction of sp³-hybridized carbons (Fsp3) is 0.350. The van der Waals surface area contributed by atoms with Gasteiger partial charge >= 0.3 is 6.03 Å². The number of carbonyl (C=O) groups excluding carboxylic acids is 1. The molecule has 2 amide bonds. The SMILES string of the molecule is COc1ccc(NC(=O)NCCS(=O)(=O)N2CCN(c3ccc(F)cc3)CC2)cc1. The number of nitrogens with one attached hydrogen (secondary N) is 2. The Morgan fingerprint density at radius 3 is 2.27 bits per heavy atom. The quantitative estimate of drug-likeness (QED) is 0.694. The maximum absolute atomic E-state index is 13.1. The lowest BCUT2D eigenvalue weighted by molar-refractivity contribution is 0.252. The minimum Gasteiger partial charge on any atom is -0.497 e. The van der Waals surface area contributed by atoms with E-state index in [1.165, 1.54) is 16.4 Å². The average molecular weight is 437 g/mol. The molecule has 0 bridgehead atoms. The van der Waals surface area contributed by atoms with Crippen LogP contribution in [0.2, 0.25) is 0 Å². The van der Waals surface area contributed by atoms with Crippen molar-refractivity contribution >= 4 is 27.4 Å². The summed E-state index contributed by atoms with van der Waals surface area (Å²) in [6.07, 6.45) is 0. The average Bonchev–Trinajstić information content (AvgIpc) is 2.75. The van der Waals surface area contributed by atoms with Crippen molar-refractivity contribution in [2.45, 2.75) is 0 Å². The van der Waals surface area contributed by atoms with E-state index in [9.17, 15) is 17.6 Å². The number of sulfonamides is 1. The third-order valence-corrected chi connectivity index (χ3v) is 6.69. The second kappa shape index (κ2) is 9.77. The van der Waals surface area contributed by atoms with Crippen LogP contribution in [0.3, 0.4) is 0 Å². The molecule has 1 fully saturated rings. The monoisotopic (exact) mass is 436 g/mol. The highest BCUT2D eigenvalue weighted by Gasteiger charge is 2.26. The van der Waals surface area contributed by atoms with Crippen LogP contribution in [0.25, 0.3) is 0 Å². The molecule has 1 saturated heterocycles. The number of anilines is 2. The smallest absolute Gasteiger partial charge is 0.319 e. The second-order valence-electron chi connectivity index (χ2n) is 6.79. The molecule has 0 atom stereocenters. The van der Waals surface area contributed by atoms with Crippen molar-refractivity contribution in [2.24, 2.45) is 0 Å². The van der Waals surface area contributed by atoms with Crippen molar-refractivity contribution in [3.63, 3.8) is 0 Å². The van der Waals surface area contributed by atoms with E-state index < -0.39 is 16.1 Å². The highest BCUT2D eigenvalue weighted by Crippen LogP contribution is 2.18. The fourth-order valence-corrected chi connectivity index (χ4v) is 4.49. The van der Waals surface area contributed by atoms with Crippen molar-refractivity contribution in [1.29, 1.82) is 0 Å². The van der Waals surface area contributed by atoms with Gasteiger partial charge < -0.3 is 20.3 Å². The number of hydrogen-bond donors (Lipinski definition) is 2. The van der Waals surface area contributed by atoms with Crippen LogP contribution >= 0.6 is 0 Å². The minimum absolute atomic E-state index is 0.00248. The number of rotatable bonds is 7. The number of urea groups is 1. The lowest BCUT2D eigenvalue weighted by Gasteiger charge is -2.35. The van der Waals surface area contributed by atoms with E-state index in [2.05, 4.69) is 10.6 Å². The summed E-state index contributed by atoms with van der Waals surface area (Å²) in [6.45, 7) is 1.74. The van der Waals surface area contributed by atoms with Crippen molar-refractivity contribution in [3.8, 4) is 5.75 Å². The van der Waals surface area contributed by atoms with Gasteiger partial charge in [0.25, 0.3) is 0 Å². The van der Waals surface area contributed by atoms with Crippen LogP contribution in [0.4, 0.5) is 20.6 Å². The van der Waals surface area contributed by atoms with E-state index in [0.29, 0.717) is 37.6 Å². The van der Waals surface area contributed by atoms with Crippen LogP contribution in [-0.4, -0.2) is 64.3 Å². The van der Waals surface area contributed by atoms with E-state index in [-0.39, 0.29) is 18.1 Å². The van der Waals surface area contributed by atoms with Crippen LogP contribution < -0.4 is 20.3 Å². The largest absolute Gasteiger partial charge is 0.497 e. The zero-order chi connectivity index (χ0) is 21.6. The van der Waals surface area contributed by atoms with Gasteiger partial charge in [0.1, 0.15) is 11.6 Å². The molecule has 162 valence electrons. The predicted molar refractivity (Wildman–Crippen MR) is 114 cm³/mol. The Morgan fingerprint density at radius 1 is 1.03 bits per heavy atom. The summed E-state index contributed by atoms with van der Waals surface area (Å²) in [6, 6.07) is 12.5. The van der Waals surface area contributed by atoms with Gasteiger partial charge in [0.2, 0.25) is 10.0 Å². The maximum atomic E-state index is 13.1. The normalized spacial score (nSPS) is 14.9. The molecule has 0 spiro atoms. The summed E-state index contributed by atoms with van der Waals surface area (Å²) in [5, 5.41) is 5.20. The molecule has 1 aliphatic rings. The van der Waals surface area contributed by atoms with Gasteiger partial charge in [-0.05, 0) is 48.5 Å². The zero-order valence-electron chi connectivity index (χ0n) is 16.7. The van der Waals surface area contributed by atoms with E-state index in [1.807, 2.05) is 4.90 Å². The molecule has 30 heavy (non-hydrogen) atoms. The van der Waals surface area contributed by atoms with Gasteiger partial charge in [-0.25, -0.2) is 17.6 Å². The van der Waals surface area contributed by atoms with Crippen LogP contribution in [0.5, 0.6) is 5.75 Å². The van der Waals surface area contributed by atoms with E-state index >= 15 is 0 Å². The number of methoxy groups -OCH3 is 1. The van der Waals surface area contributed by atoms with Gasteiger partial charge in [-0.2, -0.15) is 4.31 Å². The van der Waals surface area contributed by atoms with E-state index in [0.717, 1.165) is 5.69 Å². The Bertz CT molecular complexity index is 944. The number of hydrogen-bond acceptors (Lipinski definition) is 5. The molecular formula is C20H25FN4O4S. The van der Waals surface area contributed by atoms with Crippen LogP contribution in [0.1, 0.15) is 0 Å². The number of nitrogens with zero attached hydrogens (tertiary/aromatic N) is 2. The molecule has 8 nitrogen and oxygen atoms in total. The summed E-state index contributed by atoms with van der Waals surface area (Å²) in [4.78, 5) is 14.0. The fourth-order valence-electron chi connectivity index (χ4n) is 3.15. The highest BCUT2D eigenvalue weighted by atomic mass is 32.2. The molecule has 10 heteroatoms. The predicted octanol–water partition coefficient (Wildman–Crippen LogP) is 2.11. The first kappa shape index (κ1) is 21.8. The summed E-state index contributed by atoms with van der Waals surface area (Å²) < 4.78 is 44.6. The number of benzene rings is 2. The number of amides is 2. The highest BCUT2D eigenvalue weighted by molar-refractivity contribution is 7.89. The minimum atomic E-state index is -3.49. The first-order valence-electron chi connectivity index (χ1n) is 9.54. The summed E-state index contributed by atoms with van der Waals surface area (Å²) in [5.41, 5.74) is 1.44. The Kier molecular flexibility index (Phi) is 7.11.